The molecule has 0 aromatic rings. The van der Waals surface area contributed by atoms with Crippen LogP contribution < -0.4 is 0 Å². The van der Waals surface area contributed by atoms with Crippen LogP contribution in [0, 0.1) is 0 Å². The van der Waals surface area contributed by atoms with E-state index in [1.165, 1.54) is 19.5 Å². The molecule has 0 unspecified atom stereocenters. The van der Waals surface area contributed by atoms with E-state index >= 15 is 0 Å². The van der Waals surface area contributed by atoms with Crippen LogP contribution in [0.3, 0.4) is 0 Å². The molecule has 0 aromatic carbocycles. The van der Waals surface area contributed by atoms with Gasteiger partial charge >= 0.3 is 0 Å². The summed E-state index contributed by atoms with van der Waals surface area (Å²) in [7, 11) is 4.21. The summed E-state index contributed by atoms with van der Waals surface area (Å²) in [5, 5.41) is 0. The minimum atomic E-state index is 1.21. The summed E-state index contributed by atoms with van der Waals surface area (Å²) in [6.45, 7) is 2.43. The Morgan fingerprint density at radius 2 is 2.38 bits per heavy atom. The van der Waals surface area contributed by atoms with E-state index < -0.39 is 0 Å². The summed E-state index contributed by atoms with van der Waals surface area (Å²) in [6.07, 6.45) is 3.44. The number of hydrogen-bond donors (Lipinski definition) is 0. The van der Waals surface area contributed by atoms with Gasteiger partial charge in [-0.1, -0.05) is 0 Å². The maximum absolute atomic E-state index is 2.21. The zero-order chi connectivity index (χ0) is 5.98. The predicted octanol–water partition coefficient (Wildman–Crippen LogP) is -0.00750. The Hall–Kier alpha value is -0.530. The fourth-order valence-electron chi connectivity index (χ4n) is 1.02. The minimum Gasteiger partial charge on any atom is -0.271 e. The number of rotatable bonds is 0. The monoisotopic (exact) mass is 113 g/mol. The van der Waals surface area contributed by atoms with E-state index in [1.807, 2.05) is 0 Å². The Bertz CT molecular complexity index is 107. The molecule has 1 aliphatic rings. The maximum Gasteiger partial charge on any atom is 0.233 e. The molecular weight excluding hydrogens is 100 g/mol. The molecule has 0 amide bonds. The smallest absolute Gasteiger partial charge is 0.233 e. The van der Waals surface area contributed by atoms with Crippen molar-refractivity contribution >= 4 is 6.34 Å². The van der Waals surface area contributed by atoms with Crippen molar-refractivity contribution in [1.29, 1.82) is 0 Å². The molecule has 0 N–H and O–H groups in total. The second kappa shape index (κ2) is 2.16. The molecule has 0 radical (unpaired) electrons. The van der Waals surface area contributed by atoms with Gasteiger partial charge in [0.2, 0.25) is 6.34 Å². The van der Waals surface area contributed by atoms with Crippen LogP contribution in [0.25, 0.3) is 0 Å². The van der Waals surface area contributed by atoms with E-state index in [-0.39, 0.29) is 0 Å². The lowest BCUT2D eigenvalue weighted by atomic mass is 10.3. The lowest BCUT2D eigenvalue weighted by molar-refractivity contribution is -0.502. The van der Waals surface area contributed by atoms with Gasteiger partial charge in [0.05, 0.1) is 27.2 Å². The molecule has 46 valence electrons. The Morgan fingerprint density at radius 1 is 1.62 bits per heavy atom. The van der Waals surface area contributed by atoms with Crippen LogP contribution in [0.5, 0.6) is 0 Å². The van der Waals surface area contributed by atoms with Crippen molar-refractivity contribution in [3.05, 3.63) is 0 Å². The normalized spacial score (nSPS) is 20.8. The van der Waals surface area contributed by atoms with Gasteiger partial charge in [0, 0.05) is 6.42 Å². The van der Waals surface area contributed by atoms with Gasteiger partial charge in [-0.3, -0.25) is 9.48 Å². The standard InChI is InChI=1S/C6H13N2/c1-7-4-3-5-8(2)6-7/h6H,3-5H2,1-2H3/q+1. The van der Waals surface area contributed by atoms with Crippen LogP contribution in [-0.2, 0) is 0 Å². The Labute approximate surface area is 50.4 Å². The number of nitrogens with zero attached hydrogens (tertiary/aromatic N) is 2. The zero-order valence-electron chi connectivity index (χ0n) is 5.59. The van der Waals surface area contributed by atoms with Crippen molar-refractivity contribution in [2.24, 2.45) is 0 Å². The SMILES string of the molecule is CN1C=[N+](C)CCC1. The van der Waals surface area contributed by atoms with Crippen molar-refractivity contribution < 1.29 is 4.58 Å². The summed E-state index contributed by atoms with van der Waals surface area (Å²) in [6, 6.07) is 0. The first-order valence-corrected chi connectivity index (χ1v) is 3.04. The van der Waals surface area contributed by atoms with Gasteiger partial charge in [-0.2, -0.15) is 0 Å². The van der Waals surface area contributed by atoms with Crippen molar-refractivity contribution in [3.8, 4) is 0 Å². The summed E-state index contributed by atoms with van der Waals surface area (Å²) in [5.74, 6) is 0. The van der Waals surface area contributed by atoms with Crippen LogP contribution in [0.4, 0.5) is 0 Å². The summed E-state index contributed by atoms with van der Waals surface area (Å²) >= 11 is 0. The molecule has 1 rings (SSSR count). The van der Waals surface area contributed by atoms with Gasteiger partial charge in [0.15, 0.2) is 0 Å². The highest BCUT2D eigenvalue weighted by molar-refractivity contribution is 5.48. The van der Waals surface area contributed by atoms with Crippen LogP contribution in [0.15, 0.2) is 0 Å². The topological polar surface area (TPSA) is 6.25 Å². The van der Waals surface area contributed by atoms with Crippen LogP contribution in [0.1, 0.15) is 6.42 Å². The quantitative estimate of drug-likeness (QED) is 0.400. The average Bonchev–Trinajstić information content (AvgIpc) is 1.64. The lowest BCUT2D eigenvalue weighted by Crippen LogP contribution is -2.31. The highest BCUT2D eigenvalue weighted by Gasteiger charge is 2.06. The average molecular weight is 113 g/mol. The summed E-state index contributed by atoms with van der Waals surface area (Å²) in [5.41, 5.74) is 0. The zero-order valence-corrected chi connectivity index (χ0v) is 5.59. The van der Waals surface area contributed by atoms with Gasteiger partial charge in [0.1, 0.15) is 0 Å². The van der Waals surface area contributed by atoms with E-state index in [0.717, 1.165) is 0 Å². The third-order valence-electron chi connectivity index (χ3n) is 1.42. The Kier molecular flexibility index (Phi) is 1.51. The predicted molar refractivity (Wildman–Crippen MR) is 34.4 cm³/mol. The molecule has 2 heteroatoms. The molecule has 0 fully saturated rings. The fourth-order valence-corrected chi connectivity index (χ4v) is 1.02. The maximum atomic E-state index is 2.21. The molecule has 8 heavy (non-hydrogen) atoms. The molecule has 0 saturated heterocycles. The minimum absolute atomic E-state index is 1.21. The fraction of sp³-hybridized carbons (Fsp3) is 0.833. The Morgan fingerprint density at radius 3 is 2.75 bits per heavy atom. The van der Waals surface area contributed by atoms with Gasteiger partial charge < -0.3 is 0 Å². The molecule has 1 aliphatic heterocycles. The van der Waals surface area contributed by atoms with Crippen molar-refractivity contribution in [2.75, 3.05) is 27.2 Å². The van der Waals surface area contributed by atoms with Crippen LogP contribution >= 0.6 is 0 Å². The molecule has 0 saturated carbocycles. The molecule has 0 aliphatic carbocycles. The second-order valence-corrected chi connectivity index (χ2v) is 2.43. The van der Waals surface area contributed by atoms with Gasteiger partial charge in [-0.25, -0.2) is 0 Å². The second-order valence-electron chi connectivity index (χ2n) is 2.43. The van der Waals surface area contributed by atoms with Crippen molar-refractivity contribution in [2.45, 2.75) is 6.42 Å². The first kappa shape index (κ1) is 5.60. The third kappa shape index (κ3) is 1.22. The summed E-state index contributed by atoms with van der Waals surface area (Å²) < 4.78 is 2.21. The van der Waals surface area contributed by atoms with Gasteiger partial charge in [0.25, 0.3) is 0 Å². The van der Waals surface area contributed by atoms with Crippen molar-refractivity contribution in [3.63, 3.8) is 0 Å². The molecule has 0 spiro atoms. The van der Waals surface area contributed by atoms with E-state index in [9.17, 15) is 0 Å². The first-order chi connectivity index (χ1) is 3.79. The largest absolute Gasteiger partial charge is 0.271 e. The summed E-state index contributed by atoms with van der Waals surface area (Å²) in [4.78, 5) is 2.21. The van der Waals surface area contributed by atoms with E-state index in [2.05, 4.69) is 29.9 Å². The van der Waals surface area contributed by atoms with Gasteiger partial charge in [-0.05, 0) is 0 Å². The molecule has 0 atom stereocenters. The van der Waals surface area contributed by atoms with Crippen LogP contribution in [-0.4, -0.2) is 43.0 Å². The van der Waals surface area contributed by atoms with E-state index in [0.29, 0.717) is 0 Å². The highest BCUT2D eigenvalue weighted by atomic mass is 15.2. The van der Waals surface area contributed by atoms with Crippen molar-refractivity contribution in [1.82, 2.24) is 4.90 Å². The van der Waals surface area contributed by atoms with E-state index in [1.54, 1.807) is 0 Å². The molecule has 0 bridgehead atoms. The number of hydrogen-bond acceptors (Lipinski definition) is 1. The first-order valence-electron chi connectivity index (χ1n) is 3.04. The van der Waals surface area contributed by atoms with Gasteiger partial charge in [-0.15, -0.1) is 0 Å². The molecular formula is C6H13N2+. The third-order valence-corrected chi connectivity index (χ3v) is 1.42. The lowest BCUT2D eigenvalue weighted by Gasteiger charge is -2.13. The molecule has 1 heterocycles. The molecule has 2 nitrogen and oxygen atoms in total. The Balaban J connectivity index is 2.50. The molecule has 0 aromatic heterocycles. The van der Waals surface area contributed by atoms with Crippen LogP contribution in [0.2, 0.25) is 0 Å². The highest BCUT2D eigenvalue weighted by Crippen LogP contribution is 1.89. The van der Waals surface area contributed by atoms with E-state index in [4.69, 9.17) is 0 Å².